The van der Waals surface area contributed by atoms with Crippen LogP contribution in [0.15, 0.2) is 42.2 Å². The second-order valence-corrected chi connectivity index (χ2v) is 8.82. The van der Waals surface area contributed by atoms with E-state index in [4.69, 9.17) is 11.5 Å². The number of amides is 1. The van der Waals surface area contributed by atoms with E-state index in [1.807, 2.05) is 16.8 Å². The minimum atomic E-state index is -0.510. The highest BCUT2D eigenvalue weighted by Gasteiger charge is 2.32. The van der Waals surface area contributed by atoms with Crippen molar-refractivity contribution in [3.63, 3.8) is 0 Å². The monoisotopic (exact) mass is 447 g/mol. The molecule has 0 bridgehead atoms. The average molecular weight is 448 g/mol. The Balaban J connectivity index is 1.45. The Kier molecular flexibility index (Phi) is 8.64. The Hall–Kier alpha value is -2.45. The van der Waals surface area contributed by atoms with Gasteiger partial charge in [0.25, 0.3) is 0 Å². The summed E-state index contributed by atoms with van der Waals surface area (Å²) in [6.07, 6.45) is 8.18. The maximum Gasteiger partial charge on any atom is 0.225 e. The van der Waals surface area contributed by atoms with E-state index in [-0.39, 0.29) is 30.0 Å². The van der Waals surface area contributed by atoms with Crippen molar-refractivity contribution in [3.05, 3.63) is 59.4 Å². The molecule has 6 nitrogen and oxygen atoms in total. The molecule has 0 atom stereocenters. The number of likely N-dealkylation sites (tertiary alicyclic amines) is 2. The molecule has 2 fully saturated rings. The van der Waals surface area contributed by atoms with E-state index in [2.05, 4.69) is 4.90 Å². The highest BCUT2D eigenvalue weighted by Crippen LogP contribution is 2.25. The summed E-state index contributed by atoms with van der Waals surface area (Å²) in [5, 5.41) is 0. The second-order valence-electron chi connectivity index (χ2n) is 8.82. The zero-order chi connectivity index (χ0) is 23.1. The van der Waals surface area contributed by atoms with E-state index < -0.39 is 11.6 Å². The van der Waals surface area contributed by atoms with E-state index in [1.54, 1.807) is 12.3 Å². The van der Waals surface area contributed by atoms with Gasteiger partial charge in [-0.3, -0.25) is 14.6 Å². The van der Waals surface area contributed by atoms with Crippen LogP contribution >= 0.6 is 0 Å². The number of benzene rings is 1. The first-order valence-electron chi connectivity index (χ1n) is 11.4. The Bertz CT molecular complexity index is 807. The van der Waals surface area contributed by atoms with Crippen LogP contribution in [0.4, 0.5) is 8.78 Å². The van der Waals surface area contributed by atoms with Gasteiger partial charge in [-0.2, -0.15) is 0 Å². The third-order valence-corrected chi connectivity index (χ3v) is 6.74. The van der Waals surface area contributed by atoms with Crippen molar-refractivity contribution in [3.8, 4) is 0 Å². The van der Waals surface area contributed by atoms with Crippen LogP contribution in [-0.4, -0.2) is 66.4 Å². The third kappa shape index (κ3) is 6.07. The summed E-state index contributed by atoms with van der Waals surface area (Å²) in [7, 11) is 1.90. The quantitative estimate of drug-likeness (QED) is 0.628. The maximum atomic E-state index is 14.0. The van der Waals surface area contributed by atoms with E-state index in [9.17, 15) is 13.6 Å². The standard InChI is InChI=1S/C24H35F2N5O/c1-29(17-21-22(25)3-2-4-23(21)26)20-8-13-31(14-9-20)24(32)19-6-11-30(12-7-19)16-18(15-28)5-10-27/h2-5,10,15,19-20H,6-9,11-14,16-17,27-28H2,1H3/b10-5-,18-15+. The Morgan fingerprint density at radius 2 is 1.72 bits per heavy atom. The molecule has 0 aliphatic carbocycles. The normalized spacial score (nSPS) is 19.9. The van der Waals surface area contributed by atoms with E-state index >= 15 is 0 Å². The number of rotatable bonds is 7. The van der Waals surface area contributed by atoms with Crippen molar-refractivity contribution in [2.75, 3.05) is 39.8 Å². The van der Waals surface area contributed by atoms with Crippen LogP contribution in [0.2, 0.25) is 0 Å². The van der Waals surface area contributed by atoms with Crippen LogP contribution in [0, 0.1) is 17.6 Å². The fourth-order valence-corrected chi connectivity index (χ4v) is 4.73. The number of halogens is 2. The number of nitrogens with zero attached hydrogens (tertiary/aromatic N) is 3. The average Bonchev–Trinajstić information content (AvgIpc) is 2.81. The molecule has 2 saturated heterocycles. The topological polar surface area (TPSA) is 78.8 Å². The van der Waals surface area contributed by atoms with Gasteiger partial charge in [0.05, 0.1) is 0 Å². The Morgan fingerprint density at radius 3 is 2.28 bits per heavy atom. The lowest BCUT2D eigenvalue weighted by atomic mass is 9.93. The molecule has 1 aromatic carbocycles. The molecule has 0 aromatic heterocycles. The van der Waals surface area contributed by atoms with Gasteiger partial charge in [-0.15, -0.1) is 0 Å². The molecule has 0 unspecified atom stereocenters. The van der Waals surface area contributed by atoms with Crippen LogP contribution in [0.3, 0.4) is 0 Å². The fraction of sp³-hybridized carbons (Fsp3) is 0.542. The van der Waals surface area contributed by atoms with Crippen molar-refractivity contribution >= 4 is 5.91 Å². The number of carbonyl (C=O) groups is 1. The van der Waals surface area contributed by atoms with Gasteiger partial charge in [0, 0.05) is 43.7 Å². The first kappa shape index (κ1) is 24.2. The molecule has 4 N–H and O–H groups in total. The predicted octanol–water partition coefficient (Wildman–Crippen LogP) is 2.41. The number of piperidine rings is 2. The van der Waals surface area contributed by atoms with Crippen LogP contribution < -0.4 is 11.5 Å². The molecule has 0 saturated carbocycles. The first-order valence-corrected chi connectivity index (χ1v) is 11.4. The van der Waals surface area contributed by atoms with Crippen molar-refractivity contribution in [1.29, 1.82) is 0 Å². The summed E-state index contributed by atoms with van der Waals surface area (Å²) in [5.41, 5.74) is 12.2. The molecule has 3 rings (SSSR count). The number of carbonyl (C=O) groups excluding carboxylic acids is 1. The zero-order valence-corrected chi connectivity index (χ0v) is 18.9. The molecular weight excluding hydrogens is 412 g/mol. The predicted molar refractivity (Wildman–Crippen MR) is 122 cm³/mol. The molecular formula is C24H35F2N5O. The van der Waals surface area contributed by atoms with Crippen molar-refractivity contribution < 1.29 is 13.6 Å². The summed E-state index contributed by atoms with van der Waals surface area (Å²) >= 11 is 0. The van der Waals surface area contributed by atoms with Gasteiger partial charge in [0.1, 0.15) is 11.6 Å². The third-order valence-electron chi connectivity index (χ3n) is 6.74. The molecule has 1 amide bonds. The maximum absolute atomic E-state index is 14.0. The summed E-state index contributed by atoms with van der Waals surface area (Å²) in [6, 6.07) is 4.17. The molecule has 1 aromatic rings. The largest absolute Gasteiger partial charge is 0.405 e. The summed E-state index contributed by atoms with van der Waals surface area (Å²) in [4.78, 5) is 19.3. The lowest BCUT2D eigenvalue weighted by Crippen LogP contribution is -2.49. The van der Waals surface area contributed by atoms with Gasteiger partial charge in [0.15, 0.2) is 0 Å². The van der Waals surface area contributed by atoms with Crippen molar-refractivity contribution in [2.24, 2.45) is 17.4 Å². The molecule has 8 heteroatoms. The van der Waals surface area contributed by atoms with Crippen LogP contribution in [0.1, 0.15) is 31.2 Å². The number of hydrogen-bond donors (Lipinski definition) is 2. The van der Waals surface area contributed by atoms with Gasteiger partial charge < -0.3 is 16.4 Å². The van der Waals surface area contributed by atoms with Crippen molar-refractivity contribution in [1.82, 2.24) is 14.7 Å². The second kappa shape index (κ2) is 11.4. The fourth-order valence-electron chi connectivity index (χ4n) is 4.73. The smallest absolute Gasteiger partial charge is 0.225 e. The Labute approximate surface area is 189 Å². The van der Waals surface area contributed by atoms with Crippen LogP contribution in [0.5, 0.6) is 0 Å². The number of hydrogen-bond acceptors (Lipinski definition) is 5. The minimum absolute atomic E-state index is 0.0587. The zero-order valence-electron chi connectivity index (χ0n) is 18.9. The molecule has 0 radical (unpaired) electrons. The van der Waals surface area contributed by atoms with Gasteiger partial charge in [-0.1, -0.05) is 6.07 Å². The lowest BCUT2D eigenvalue weighted by Gasteiger charge is -2.39. The van der Waals surface area contributed by atoms with Crippen LogP contribution in [0.25, 0.3) is 0 Å². The molecule has 32 heavy (non-hydrogen) atoms. The van der Waals surface area contributed by atoms with E-state index in [1.165, 1.54) is 24.4 Å². The van der Waals surface area contributed by atoms with E-state index in [0.717, 1.165) is 50.9 Å². The molecule has 2 aliphatic heterocycles. The molecule has 0 spiro atoms. The van der Waals surface area contributed by atoms with Gasteiger partial charge in [-0.05, 0) is 82.0 Å². The van der Waals surface area contributed by atoms with Gasteiger partial charge in [0.2, 0.25) is 5.91 Å². The first-order chi connectivity index (χ1) is 15.4. The molecule has 2 aliphatic rings. The summed E-state index contributed by atoms with van der Waals surface area (Å²) < 4.78 is 27.9. The number of nitrogens with two attached hydrogens (primary N) is 2. The highest BCUT2D eigenvalue weighted by molar-refractivity contribution is 5.79. The summed E-state index contributed by atoms with van der Waals surface area (Å²) in [6.45, 7) is 4.07. The Morgan fingerprint density at radius 1 is 1.09 bits per heavy atom. The van der Waals surface area contributed by atoms with E-state index in [0.29, 0.717) is 13.1 Å². The molecule has 2 heterocycles. The molecule has 176 valence electrons. The SMILES string of the molecule is CN(Cc1c(F)cccc1F)C1CCN(C(=O)C2CCN(CC(/C=C\N)=C/N)CC2)CC1. The van der Waals surface area contributed by atoms with Gasteiger partial charge in [-0.25, -0.2) is 8.78 Å². The van der Waals surface area contributed by atoms with Gasteiger partial charge >= 0.3 is 0 Å². The minimum Gasteiger partial charge on any atom is -0.405 e. The summed E-state index contributed by atoms with van der Waals surface area (Å²) in [5.74, 6) is -0.724. The van der Waals surface area contributed by atoms with Crippen molar-refractivity contribution in [2.45, 2.75) is 38.3 Å². The van der Waals surface area contributed by atoms with Crippen LogP contribution in [-0.2, 0) is 11.3 Å². The highest BCUT2D eigenvalue weighted by atomic mass is 19.1. The lowest BCUT2D eigenvalue weighted by molar-refractivity contribution is -0.138.